The summed E-state index contributed by atoms with van der Waals surface area (Å²) in [6.07, 6.45) is 5.24. The van der Waals surface area contributed by atoms with E-state index in [1.54, 1.807) is 22.8 Å². The molecule has 162 valence electrons. The monoisotopic (exact) mass is 431 g/mol. The Morgan fingerprint density at radius 2 is 1.69 bits per heavy atom. The average Bonchev–Trinajstić information content (AvgIpc) is 3.20. The number of halogens is 1. The van der Waals surface area contributed by atoms with Crippen LogP contribution in [-0.2, 0) is 13.1 Å². The molecule has 1 atom stereocenters. The number of nitrogen functional groups attached to an aromatic ring is 2. The average molecular weight is 431 g/mol. The van der Waals surface area contributed by atoms with Gasteiger partial charge >= 0.3 is 0 Å². The summed E-state index contributed by atoms with van der Waals surface area (Å²) in [7, 11) is 0. The van der Waals surface area contributed by atoms with Gasteiger partial charge in [0.25, 0.3) is 0 Å². The van der Waals surface area contributed by atoms with Gasteiger partial charge < -0.3 is 16.2 Å². The van der Waals surface area contributed by atoms with Crippen molar-refractivity contribution in [2.75, 3.05) is 11.5 Å². The Bertz CT molecular complexity index is 1190. The fourth-order valence-corrected chi connectivity index (χ4v) is 3.48. The summed E-state index contributed by atoms with van der Waals surface area (Å²) in [5.41, 5.74) is 14.4. The zero-order chi connectivity index (χ0) is 22.5. The van der Waals surface area contributed by atoms with Crippen molar-refractivity contribution in [1.82, 2.24) is 4.57 Å². The first-order valence-electron chi connectivity index (χ1n) is 10.2. The third-order valence-corrected chi connectivity index (χ3v) is 5.02. The summed E-state index contributed by atoms with van der Waals surface area (Å²) in [6.45, 7) is 0.664. The van der Waals surface area contributed by atoms with Gasteiger partial charge in [-0.25, -0.2) is 13.5 Å². The molecule has 1 unspecified atom stereocenters. The maximum absolute atomic E-state index is 13.1. The lowest BCUT2D eigenvalue weighted by atomic mass is 10.1. The van der Waals surface area contributed by atoms with Crippen LogP contribution in [0.15, 0.2) is 91.5 Å². The van der Waals surface area contributed by atoms with E-state index >= 15 is 0 Å². The number of nitrogens with two attached hydrogens (primary N) is 2. The number of aromatic nitrogens is 2. The Balaban J connectivity index is 1.50. The number of ether oxygens (including phenoxy) is 1. The smallest absolute Gasteiger partial charge is 0.244 e. The number of benzene rings is 3. The van der Waals surface area contributed by atoms with Gasteiger partial charge in [-0.2, -0.15) is 0 Å². The minimum atomic E-state index is -0.366. The standard InChI is InChI=1S/C25H24FN4O2/c26-20-8-6-18(7-9-20)24(31)15-29-10-11-30(17-29)16-25(19-4-2-1-3-5-19)32-23-13-21(27)12-22(28)14-23/h1-14,17,25H,15-16,27-28H2/q+1. The number of rotatable bonds is 8. The summed E-state index contributed by atoms with van der Waals surface area (Å²) >= 11 is 0. The molecule has 0 aliphatic rings. The van der Waals surface area contributed by atoms with Crippen LogP contribution < -0.4 is 20.8 Å². The van der Waals surface area contributed by atoms with Crippen LogP contribution in [0, 0.1) is 5.82 Å². The van der Waals surface area contributed by atoms with Crippen LogP contribution in [0.25, 0.3) is 0 Å². The number of ketones is 1. The number of hydrogen-bond donors (Lipinski definition) is 2. The zero-order valence-corrected chi connectivity index (χ0v) is 17.4. The summed E-state index contributed by atoms with van der Waals surface area (Å²) in [5.74, 6) is 0.121. The lowest BCUT2D eigenvalue weighted by molar-refractivity contribution is -0.682. The number of carbonyl (C=O) groups is 1. The van der Waals surface area contributed by atoms with Gasteiger partial charge in [0.15, 0.2) is 12.6 Å². The van der Waals surface area contributed by atoms with Crippen molar-refractivity contribution in [3.05, 3.63) is 108 Å². The van der Waals surface area contributed by atoms with Gasteiger partial charge in [0, 0.05) is 29.1 Å². The maximum Gasteiger partial charge on any atom is 0.244 e. The second kappa shape index (κ2) is 9.34. The second-order valence-corrected chi connectivity index (χ2v) is 7.57. The van der Waals surface area contributed by atoms with Crippen LogP contribution in [0.2, 0.25) is 0 Å². The molecule has 0 saturated carbocycles. The molecule has 3 aromatic carbocycles. The minimum Gasteiger partial charge on any atom is -0.481 e. The van der Waals surface area contributed by atoms with Gasteiger partial charge in [0.2, 0.25) is 12.1 Å². The van der Waals surface area contributed by atoms with Crippen LogP contribution in [0.5, 0.6) is 5.75 Å². The van der Waals surface area contributed by atoms with Crippen molar-refractivity contribution < 1.29 is 18.5 Å². The number of anilines is 2. The Morgan fingerprint density at radius 1 is 1.00 bits per heavy atom. The number of hydrogen-bond acceptors (Lipinski definition) is 4. The molecule has 4 rings (SSSR count). The molecule has 0 aliphatic heterocycles. The number of Topliss-reactive ketones (excluding diaryl/α,β-unsaturated/α-hetero) is 1. The van der Waals surface area contributed by atoms with E-state index in [1.165, 1.54) is 24.3 Å². The number of imidazole rings is 1. The van der Waals surface area contributed by atoms with E-state index in [0.29, 0.717) is 29.2 Å². The fraction of sp³-hybridized carbons (Fsp3) is 0.120. The van der Waals surface area contributed by atoms with Crippen LogP contribution in [0.1, 0.15) is 22.0 Å². The van der Waals surface area contributed by atoms with Gasteiger partial charge in [-0.1, -0.05) is 30.3 Å². The van der Waals surface area contributed by atoms with Crippen molar-refractivity contribution in [2.45, 2.75) is 19.2 Å². The van der Waals surface area contributed by atoms with Crippen molar-refractivity contribution in [3.8, 4) is 5.75 Å². The molecule has 7 heteroatoms. The van der Waals surface area contributed by atoms with E-state index in [1.807, 2.05) is 53.6 Å². The highest BCUT2D eigenvalue weighted by atomic mass is 19.1. The summed E-state index contributed by atoms with van der Waals surface area (Å²) in [5, 5.41) is 0. The third kappa shape index (κ3) is 5.31. The molecule has 1 aromatic heterocycles. The van der Waals surface area contributed by atoms with Crippen molar-refractivity contribution >= 4 is 17.2 Å². The van der Waals surface area contributed by atoms with Gasteiger partial charge in [-0.3, -0.25) is 4.79 Å². The predicted molar refractivity (Wildman–Crippen MR) is 120 cm³/mol. The zero-order valence-electron chi connectivity index (χ0n) is 17.4. The van der Waals surface area contributed by atoms with E-state index in [0.717, 1.165) is 5.56 Å². The lowest BCUT2D eigenvalue weighted by Gasteiger charge is -2.18. The first-order chi connectivity index (χ1) is 15.5. The quantitative estimate of drug-likeness (QED) is 0.253. The minimum absolute atomic E-state index is 0.0983. The van der Waals surface area contributed by atoms with Gasteiger partial charge in [-0.15, -0.1) is 0 Å². The largest absolute Gasteiger partial charge is 0.481 e. The molecule has 0 bridgehead atoms. The highest BCUT2D eigenvalue weighted by Crippen LogP contribution is 2.27. The van der Waals surface area contributed by atoms with E-state index < -0.39 is 0 Å². The predicted octanol–water partition coefficient (Wildman–Crippen LogP) is 3.78. The lowest BCUT2D eigenvalue weighted by Crippen LogP contribution is -2.36. The molecule has 0 spiro atoms. The normalized spacial score (nSPS) is 11.8. The van der Waals surface area contributed by atoms with E-state index in [4.69, 9.17) is 16.2 Å². The number of nitrogens with zero attached hydrogens (tertiary/aromatic N) is 2. The highest BCUT2D eigenvalue weighted by Gasteiger charge is 2.19. The molecule has 1 heterocycles. The van der Waals surface area contributed by atoms with Crippen molar-refractivity contribution in [1.29, 1.82) is 0 Å². The second-order valence-electron chi connectivity index (χ2n) is 7.57. The first-order valence-corrected chi connectivity index (χ1v) is 10.2. The van der Waals surface area contributed by atoms with Crippen LogP contribution in [0.4, 0.5) is 15.8 Å². The molecule has 4 N–H and O–H groups in total. The van der Waals surface area contributed by atoms with E-state index in [9.17, 15) is 9.18 Å². The van der Waals surface area contributed by atoms with Gasteiger partial charge in [-0.05, 0) is 35.9 Å². The summed E-state index contributed by atoms with van der Waals surface area (Å²) in [4.78, 5) is 12.5. The van der Waals surface area contributed by atoms with Gasteiger partial charge in [0.05, 0.1) is 0 Å². The molecule has 0 saturated heterocycles. The molecule has 0 aliphatic carbocycles. The maximum atomic E-state index is 13.1. The SMILES string of the molecule is Nc1cc(N)cc(OC(Cn2cc[n+](CC(=O)c3ccc(F)cc3)c2)c2ccccc2)c1. The van der Waals surface area contributed by atoms with Gasteiger partial charge in [0.1, 0.15) is 30.5 Å². The molecule has 0 amide bonds. The molecule has 0 radical (unpaired) electrons. The Kier molecular flexibility index (Phi) is 6.17. The summed E-state index contributed by atoms with van der Waals surface area (Å²) < 4.78 is 23.1. The van der Waals surface area contributed by atoms with E-state index in [2.05, 4.69) is 0 Å². The molecule has 6 nitrogen and oxygen atoms in total. The molecular weight excluding hydrogens is 407 g/mol. The van der Waals surface area contributed by atoms with Crippen LogP contribution in [-0.4, -0.2) is 10.4 Å². The first kappa shape index (κ1) is 21.1. The Hall–Kier alpha value is -4.13. The highest BCUT2D eigenvalue weighted by molar-refractivity contribution is 5.94. The third-order valence-electron chi connectivity index (χ3n) is 5.02. The van der Waals surface area contributed by atoms with E-state index in [-0.39, 0.29) is 24.2 Å². The summed E-state index contributed by atoms with van der Waals surface area (Å²) in [6, 6.07) is 20.6. The fourth-order valence-electron chi connectivity index (χ4n) is 3.48. The molecule has 32 heavy (non-hydrogen) atoms. The molecule has 0 fully saturated rings. The van der Waals surface area contributed by atoms with Crippen LogP contribution in [0.3, 0.4) is 0 Å². The van der Waals surface area contributed by atoms with Crippen LogP contribution >= 0.6 is 0 Å². The number of carbonyl (C=O) groups excluding carboxylic acids is 1. The topological polar surface area (TPSA) is 87.1 Å². The molecule has 4 aromatic rings. The van der Waals surface area contributed by atoms with Crippen molar-refractivity contribution in [3.63, 3.8) is 0 Å². The Labute approximate surface area is 185 Å². The van der Waals surface area contributed by atoms with Crippen molar-refractivity contribution in [2.24, 2.45) is 0 Å². The molecular formula is C25H24FN4O2+. The Morgan fingerprint density at radius 3 is 2.38 bits per heavy atom.